The maximum atomic E-state index is 10.6. The average Bonchev–Trinajstić information content (AvgIpc) is 2.32. The van der Waals surface area contributed by atoms with Gasteiger partial charge in [0.1, 0.15) is 0 Å². The Bertz CT molecular complexity index is 407. The van der Waals surface area contributed by atoms with Gasteiger partial charge in [0.05, 0.1) is 37.5 Å². The van der Waals surface area contributed by atoms with Crippen LogP contribution in [0.3, 0.4) is 0 Å². The van der Waals surface area contributed by atoms with E-state index in [9.17, 15) is 19.2 Å². The van der Waals surface area contributed by atoms with Crippen LogP contribution in [0, 0.1) is 0 Å². The van der Waals surface area contributed by atoms with Crippen molar-refractivity contribution in [2.24, 2.45) is 0 Å². The van der Waals surface area contributed by atoms with Gasteiger partial charge in [-0.2, -0.15) is 0 Å². The summed E-state index contributed by atoms with van der Waals surface area (Å²) in [6.07, 6.45) is 0. The summed E-state index contributed by atoms with van der Waals surface area (Å²) in [7, 11) is 0. The van der Waals surface area contributed by atoms with E-state index >= 15 is 0 Å². The van der Waals surface area contributed by atoms with Gasteiger partial charge in [-0.3, -0.25) is 29.0 Å². The molecule has 0 fully saturated rings. The monoisotopic (exact) mass is 413 g/mol. The first-order valence-corrected chi connectivity index (χ1v) is 7.07. The SMILES string of the molecule is N.O=C(O)CN(CCN(CC(=O)O)CC(=O)O)CC(=O)O.O=S([O-])O.[Na+]. The second-order valence-electron chi connectivity index (χ2n) is 4.21. The van der Waals surface area contributed by atoms with E-state index in [4.69, 9.17) is 33.7 Å². The van der Waals surface area contributed by atoms with E-state index < -0.39 is 61.4 Å². The Morgan fingerprint density at radius 1 is 0.731 bits per heavy atom. The van der Waals surface area contributed by atoms with Crippen molar-refractivity contribution in [1.82, 2.24) is 16.0 Å². The molecule has 0 rings (SSSR count). The Morgan fingerprint density at radius 2 is 0.885 bits per heavy atom. The standard InChI is InChI=1S/C10H16N2O8.H3N.Na.H2O3S/c13-7(14)3-11(4-8(15)16)1-2-12(5-9(17)18)6-10(19)20;;;1-4(2)3/h1-6H2,(H,13,14)(H,15,16)(H,17,18)(H,19,20);1H3;;(H2,1,2,3)/q;;+1;/p-1. The minimum atomic E-state index is -2.86. The summed E-state index contributed by atoms with van der Waals surface area (Å²) in [5, 5.41) is 34.5. The van der Waals surface area contributed by atoms with Crippen LogP contribution < -0.4 is 35.7 Å². The van der Waals surface area contributed by atoms with Crippen LogP contribution in [-0.4, -0.2) is 107 Å². The molecular formula is C10H20N3NaO11S. The molecule has 0 aliphatic rings. The zero-order chi connectivity index (χ0) is 19.3. The van der Waals surface area contributed by atoms with Crippen LogP contribution >= 0.6 is 0 Å². The minimum absolute atomic E-state index is 0. The predicted octanol–water partition coefficient (Wildman–Crippen LogP) is -5.57. The van der Waals surface area contributed by atoms with E-state index in [2.05, 4.69) is 0 Å². The van der Waals surface area contributed by atoms with Crippen molar-refractivity contribution < 1.29 is 82.5 Å². The van der Waals surface area contributed by atoms with Crippen LogP contribution in [0.2, 0.25) is 0 Å². The number of aliphatic carboxylic acids is 4. The summed E-state index contributed by atoms with van der Waals surface area (Å²) in [5.74, 6) is -4.91. The van der Waals surface area contributed by atoms with Gasteiger partial charge in [-0.1, -0.05) is 0 Å². The second-order valence-corrected chi connectivity index (χ2v) is 4.65. The first-order chi connectivity index (χ1) is 10.9. The van der Waals surface area contributed by atoms with Gasteiger partial charge < -0.3 is 35.7 Å². The summed E-state index contributed by atoms with van der Waals surface area (Å²) in [4.78, 5) is 44.4. The number of carboxylic acids is 4. The Kier molecular flexibility index (Phi) is 23.3. The molecule has 0 saturated carbocycles. The van der Waals surface area contributed by atoms with Crippen LogP contribution in [0.1, 0.15) is 0 Å². The van der Waals surface area contributed by atoms with Gasteiger partial charge in [0.15, 0.2) is 0 Å². The van der Waals surface area contributed by atoms with Crippen molar-refractivity contribution in [2.45, 2.75) is 0 Å². The number of hydrogen-bond donors (Lipinski definition) is 6. The Balaban J connectivity index is -0.000000363. The van der Waals surface area contributed by atoms with Crippen LogP contribution in [-0.2, 0) is 30.5 Å². The molecule has 26 heavy (non-hydrogen) atoms. The van der Waals surface area contributed by atoms with Crippen LogP contribution in [0.5, 0.6) is 0 Å². The zero-order valence-corrected chi connectivity index (χ0v) is 16.8. The third-order valence-corrected chi connectivity index (χ3v) is 2.17. The molecule has 1 unspecified atom stereocenters. The Labute approximate surface area is 172 Å². The summed E-state index contributed by atoms with van der Waals surface area (Å²) < 4.78 is 24.1. The van der Waals surface area contributed by atoms with Gasteiger partial charge >= 0.3 is 53.4 Å². The van der Waals surface area contributed by atoms with Gasteiger partial charge in [-0.25, -0.2) is 4.21 Å². The first kappa shape index (κ1) is 32.5. The largest absolute Gasteiger partial charge is 1.00 e. The minimum Gasteiger partial charge on any atom is -0.750 e. The van der Waals surface area contributed by atoms with E-state index in [0.29, 0.717) is 0 Å². The maximum Gasteiger partial charge on any atom is 1.00 e. The maximum absolute atomic E-state index is 10.6. The summed E-state index contributed by atoms with van der Waals surface area (Å²) in [5.41, 5.74) is 0. The van der Waals surface area contributed by atoms with Gasteiger partial charge in [0.25, 0.3) is 0 Å². The Hall–Kier alpha value is -1.17. The van der Waals surface area contributed by atoms with Crippen LogP contribution in [0.4, 0.5) is 0 Å². The summed E-state index contributed by atoms with van der Waals surface area (Å²) in [6.45, 7) is -2.25. The number of nitrogens with zero attached hydrogens (tertiary/aromatic N) is 2. The summed E-state index contributed by atoms with van der Waals surface area (Å²) in [6, 6.07) is 0. The quantitative estimate of drug-likeness (QED) is 0.136. The molecule has 0 heterocycles. The third-order valence-electron chi connectivity index (χ3n) is 2.17. The van der Waals surface area contributed by atoms with Crippen LogP contribution in [0.25, 0.3) is 0 Å². The molecule has 8 N–H and O–H groups in total. The van der Waals surface area contributed by atoms with Gasteiger partial charge in [0.2, 0.25) is 0 Å². The molecule has 1 atom stereocenters. The van der Waals surface area contributed by atoms with E-state index in [1.165, 1.54) is 0 Å². The van der Waals surface area contributed by atoms with Crippen LogP contribution in [0.15, 0.2) is 0 Å². The number of carbonyl (C=O) groups is 4. The molecular weight excluding hydrogens is 393 g/mol. The average molecular weight is 413 g/mol. The fourth-order valence-electron chi connectivity index (χ4n) is 1.48. The molecule has 0 bridgehead atoms. The van der Waals surface area contributed by atoms with Crippen molar-refractivity contribution in [3.63, 3.8) is 0 Å². The fourth-order valence-corrected chi connectivity index (χ4v) is 1.48. The molecule has 0 amide bonds. The fraction of sp³-hybridized carbons (Fsp3) is 0.600. The van der Waals surface area contributed by atoms with E-state index in [0.717, 1.165) is 9.80 Å². The Morgan fingerprint density at radius 3 is 1.00 bits per heavy atom. The van der Waals surface area contributed by atoms with Gasteiger partial charge in [-0.15, -0.1) is 0 Å². The molecule has 148 valence electrons. The van der Waals surface area contributed by atoms with Crippen molar-refractivity contribution in [1.29, 1.82) is 0 Å². The van der Waals surface area contributed by atoms with Crippen molar-refractivity contribution in [3.05, 3.63) is 0 Å². The zero-order valence-electron chi connectivity index (χ0n) is 13.9. The number of carboxylic acid groups (broad SMARTS) is 4. The second kappa shape index (κ2) is 18.6. The first-order valence-electron chi connectivity index (χ1n) is 6.04. The molecule has 0 aromatic carbocycles. The van der Waals surface area contributed by atoms with E-state index in [-0.39, 0.29) is 48.8 Å². The molecule has 0 aromatic heterocycles. The molecule has 14 nitrogen and oxygen atoms in total. The molecule has 0 aliphatic carbocycles. The van der Waals surface area contributed by atoms with E-state index in [1.54, 1.807) is 0 Å². The third kappa shape index (κ3) is 27.7. The molecule has 0 aliphatic heterocycles. The molecule has 0 spiro atoms. The molecule has 0 radical (unpaired) electrons. The van der Waals surface area contributed by atoms with E-state index in [1.807, 2.05) is 0 Å². The smallest absolute Gasteiger partial charge is 0.750 e. The normalized spacial score (nSPS) is 10.6. The number of hydrogen-bond acceptors (Lipinski definition) is 9. The van der Waals surface area contributed by atoms with Crippen molar-refractivity contribution in [2.75, 3.05) is 39.3 Å². The predicted molar refractivity (Wildman–Crippen MR) is 80.0 cm³/mol. The number of rotatable bonds is 11. The summed E-state index contributed by atoms with van der Waals surface area (Å²) >= 11 is -2.86. The topological polar surface area (TPSA) is 251 Å². The van der Waals surface area contributed by atoms with Crippen molar-refractivity contribution >= 4 is 35.2 Å². The van der Waals surface area contributed by atoms with Gasteiger partial charge in [0, 0.05) is 13.1 Å². The van der Waals surface area contributed by atoms with Gasteiger partial charge in [-0.05, 0) is 0 Å². The molecule has 0 saturated heterocycles. The molecule has 0 aromatic rings. The van der Waals surface area contributed by atoms with Crippen molar-refractivity contribution in [3.8, 4) is 0 Å². The molecule has 16 heteroatoms.